The van der Waals surface area contributed by atoms with Gasteiger partial charge >= 0.3 is 14.2 Å². The maximum absolute atomic E-state index is 14.0. The Kier molecular flexibility index (Phi) is 8.60. The van der Waals surface area contributed by atoms with Crippen molar-refractivity contribution in [2.24, 2.45) is 17.8 Å². The molecule has 1 aliphatic carbocycles. The number of imide groups is 1. The van der Waals surface area contributed by atoms with E-state index in [2.05, 4.69) is 18.2 Å². The predicted molar refractivity (Wildman–Crippen MR) is 170 cm³/mol. The number of phenols is 1. The number of aromatic hydroxyl groups is 1. The number of nitrogens with zero attached hydrogens (tertiary/aromatic N) is 1. The van der Waals surface area contributed by atoms with Gasteiger partial charge in [-0.1, -0.05) is 73.2 Å². The molecule has 3 aromatic carbocycles. The number of carbonyl (C=O) groups is 2. The zero-order chi connectivity index (χ0) is 31.0. The van der Waals surface area contributed by atoms with Gasteiger partial charge in [-0.2, -0.15) is 0 Å². The van der Waals surface area contributed by atoms with Crippen molar-refractivity contribution in [1.82, 2.24) is 0 Å². The van der Waals surface area contributed by atoms with Crippen molar-refractivity contribution in [3.05, 3.63) is 101 Å². The lowest BCUT2D eigenvalue weighted by atomic mass is 9.58. The van der Waals surface area contributed by atoms with Gasteiger partial charge in [0.25, 0.3) is 0 Å². The van der Waals surface area contributed by atoms with E-state index in [-0.39, 0.29) is 35.3 Å². The molecule has 0 aromatic heterocycles. The highest BCUT2D eigenvalue weighted by Gasteiger charge is 2.57. The number of phenolic OH excluding ortho intramolecular Hbond substituents is 1. The summed E-state index contributed by atoms with van der Waals surface area (Å²) in [6.45, 7) is 2.05. The number of amides is 2. The summed E-state index contributed by atoms with van der Waals surface area (Å²) in [5.41, 5.74) is 5.72. The molecule has 10 heteroatoms. The summed E-state index contributed by atoms with van der Waals surface area (Å²) < 4.78 is 6.18. The minimum atomic E-state index is -1.72. The number of hydrogen-bond donors (Lipinski definition) is 4. The largest absolute Gasteiger partial charge is 0.508 e. The lowest BCUT2D eigenvalue weighted by molar-refractivity contribution is -0.122. The first-order valence-electron chi connectivity index (χ1n) is 15.2. The van der Waals surface area contributed by atoms with Gasteiger partial charge in [-0.15, -0.1) is 0 Å². The standard InChI is InChI=1S/C34H35B2NO7/c1-2-22-18-28-32(34(40)37(33(28)39)26-10-6-9-25(19-26)36(42)43)29-20-35(41)44-30(31(22)29)16-13-24(23-7-4-3-5-8-23)17-21-11-14-27(38)15-12-21/h3-12,14-15,17,19,28-30,32,38,41-43H,2,13,16,18,20H2,1H3/b24-17-/t28-,29+,30-,32-/m1/s1. The van der Waals surface area contributed by atoms with Crippen LogP contribution in [0.1, 0.15) is 43.7 Å². The first kappa shape index (κ1) is 30.1. The van der Waals surface area contributed by atoms with Gasteiger partial charge in [0.1, 0.15) is 5.75 Å². The van der Waals surface area contributed by atoms with Gasteiger partial charge in [0.15, 0.2) is 0 Å². The summed E-state index contributed by atoms with van der Waals surface area (Å²) >= 11 is 0. The van der Waals surface area contributed by atoms with Crippen LogP contribution in [0.2, 0.25) is 6.32 Å². The minimum Gasteiger partial charge on any atom is -0.508 e. The van der Waals surface area contributed by atoms with Gasteiger partial charge in [0, 0.05) is 0 Å². The molecule has 0 radical (unpaired) electrons. The van der Waals surface area contributed by atoms with E-state index in [9.17, 15) is 29.8 Å². The van der Waals surface area contributed by atoms with Crippen LogP contribution in [0.25, 0.3) is 11.6 Å². The van der Waals surface area contributed by atoms with Crippen LogP contribution in [0, 0.1) is 17.8 Å². The molecule has 44 heavy (non-hydrogen) atoms. The van der Waals surface area contributed by atoms with E-state index in [4.69, 9.17) is 4.65 Å². The summed E-state index contributed by atoms with van der Waals surface area (Å²) in [6.07, 6.45) is 4.26. The first-order valence-corrected chi connectivity index (χ1v) is 15.2. The molecule has 3 aromatic rings. The Balaban J connectivity index is 1.31. The second-order valence-electron chi connectivity index (χ2n) is 11.8. The molecule has 0 bridgehead atoms. The van der Waals surface area contributed by atoms with E-state index in [1.54, 1.807) is 24.3 Å². The topological polar surface area (TPSA) is 128 Å². The van der Waals surface area contributed by atoms with Crippen LogP contribution in [0.4, 0.5) is 5.69 Å². The van der Waals surface area contributed by atoms with Crippen molar-refractivity contribution >= 4 is 48.9 Å². The van der Waals surface area contributed by atoms with Crippen molar-refractivity contribution in [1.29, 1.82) is 0 Å². The van der Waals surface area contributed by atoms with Crippen molar-refractivity contribution in [3.63, 3.8) is 0 Å². The molecule has 6 rings (SSSR count). The van der Waals surface area contributed by atoms with Crippen LogP contribution in [0.15, 0.2) is 90.0 Å². The van der Waals surface area contributed by atoms with Crippen LogP contribution in [-0.4, -0.2) is 52.3 Å². The van der Waals surface area contributed by atoms with E-state index in [0.717, 1.165) is 27.8 Å². The Morgan fingerprint density at radius 2 is 1.75 bits per heavy atom. The molecule has 8 nitrogen and oxygen atoms in total. The summed E-state index contributed by atoms with van der Waals surface area (Å²) in [6, 6.07) is 23.3. The highest BCUT2D eigenvalue weighted by molar-refractivity contribution is 6.58. The molecule has 2 fully saturated rings. The molecule has 0 saturated carbocycles. The molecule has 0 spiro atoms. The average Bonchev–Trinajstić information content (AvgIpc) is 3.28. The summed E-state index contributed by atoms with van der Waals surface area (Å²) in [5.74, 6) is -1.94. The van der Waals surface area contributed by atoms with E-state index < -0.39 is 32.2 Å². The molecule has 0 unspecified atom stereocenters. The molecule has 4 atom stereocenters. The van der Waals surface area contributed by atoms with Gasteiger partial charge < -0.3 is 24.8 Å². The Labute approximate surface area is 257 Å². The fourth-order valence-corrected chi connectivity index (χ4v) is 7.19. The number of allylic oxidation sites excluding steroid dienone is 2. The fraction of sp³-hybridized carbons (Fsp3) is 0.294. The van der Waals surface area contributed by atoms with Crippen LogP contribution < -0.4 is 10.4 Å². The molecule has 4 N–H and O–H groups in total. The number of fused-ring (bicyclic) bond motifs is 3. The number of hydrogen-bond acceptors (Lipinski definition) is 7. The third-order valence-electron chi connectivity index (χ3n) is 9.22. The number of anilines is 1. The number of rotatable bonds is 8. The monoisotopic (exact) mass is 591 g/mol. The van der Waals surface area contributed by atoms with Crippen LogP contribution in [0.3, 0.4) is 0 Å². The third kappa shape index (κ3) is 5.78. The summed E-state index contributed by atoms with van der Waals surface area (Å²) in [7, 11) is -2.79. The van der Waals surface area contributed by atoms with Gasteiger partial charge in [0.2, 0.25) is 11.8 Å². The molecule has 2 amide bonds. The highest BCUT2D eigenvalue weighted by Crippen LogP contribution is 2.52. The van der Waals surface area contributed by atoms with E-state index in [1.807, 2.05) is 37.3 Å². The van der Waals surface area contributed by atoms with Crippen molar-refractivity contribution < 1.29 is 34.4 Å². The minimum absolute atomic E-state index is 0.196. The zero-order valence-electron chi connectivity index (χ0n) is 24.5. The lowest BCUT2D eigenvalue weighted by Gasteiger charge is -2.43. The summed E-state index contributed by atoms with van der Waals surface area (Å²) in [4.78, 5) is 28.9. The number of benzene rings is 3. The SMILES string of the molecule is CCC1=C2[C@@H](CC/C(=C/c3ccc(O)cc3)c3ccccc3)OB(O)C[C@@H]2[C@@H]2C(=O)N(c3cccc(B(O)O)c3)C(=O)[C@@H]2C1. The maximum atomic E-state index is 14.0. The van der Waals surface area contributed by atoms with Gasteiger partial charge in [-0.25, -0.2) is 0 Å². The smallest absolute Gasteiger partial charge is 0.488 e. The summed E-state index contributed by atoms with van der Waals surface area (Å²) in [5, 5.41) is 40.0. The van der Waals surface area contributed by atoms with Crippen LogP contribution in [-0.2, 0) is 14.2 Å². The Morgan fingerprint density at radius 3 is 2.45 bits per heavy atom. The molecule has 2 saturated heterocycles. The van der Waals surface area contributed by atoms with E-state index in [0.29, 0.717) is 31.4 Å². The second kappa shape index (κ2) is 12.6. The molecule has 2 heterocycles. The normalized spacial score (nSPS) is 23.6. The van der Waals surface area contributed by atoms with Gasteiger partial charge in [-0.3, -0.25) is 14.5 Å². The third-order valence-corrected chi connectivity index (χ3v) is 9.22. The molecule has 3 aliphatic rings. The van der Waals surface area contributed by atoms with E-state index >= 15 is 0 Å². The Bertz CT molecular complexity index is 1610. The average molecular weight is 591 g/mol. The fourth-order valence-electron chi connectivity index (χ4n) is 7.19. The molecular weight excluding hydrogens is 556 g/mol. The van der Waals surface area contributed by atoms with E-state index in [1.165, 1.54) is 17.0 Å². The Morgan fingerprint density at radius 1 is 1.00 bits per heavy atom. The lowest BCUT2D eigenvalue weighted by Crippen LogP contribution is -2.46. The zero-order valence-corrected chi connectivity index (χ0v) is 24.5. The Hall–Kier alpha value is -3.95. The van der Waals surface area contributed by atoms with Crippen LogP contribution in [0.5, 0.6) is 5.75 Å². The maximum Gasteiger partial charge on any atom is 0.488 e. The first-order chi connectivity index (χ1) is 21.2. The predicted octanol–water partition coefficient (Wildman–Crippen LogP) is 3.80. The van der Waals surface area contributed by atoms with Crippen molar-refractivity contribution in [3.8, 4) is 5.75 Å². The second-order valence-corrected chi connectivity index (χ2v) is 11.8. The van der Waals surface area contributed by atoms with Crippen molar-refractivity contribution in [2.45, 2.75) is 45.0 Å². The molecule has 2 aliphatic heterocycles. The van der Waals surface area contributed by atoms with Gasteiger partial charge in [0.05, 0.1) is 23.6 Å². The van der Waals surface area contributed by atoms with Gasteiger partial charge in [-0.05, 0) is 89.9 Å². The highest BCUT2D eigenvalue weighted by atomic mass is 16.5. The molecular formula is C34H35B2NO7. The van der Waals surface area contributed by atoms with Crippen LogP contribution >= 0.6 is 0 Å². The van der Waals surface area contributed by atoms with Crippen molar-refractivity contribution in [2.75, 3.05) is 4.90 Å². The molecule has 224 valence electrons. The quantitative estimate of drug-likeness (QED) is 0.136. The number of carbonyl (C=O) groups excluding carboxylic acids is 2.